The molecule has 0 saturated heterocycles. The monoisotopic (exact) mass is 318 g/mol. The van der Waals surface area contributed by atoms with Crippen LogP contribution in [0.3, 0.4) is 0 Å². The smallest absolute Gasteiger partial charge is 0.269 e. The Labute approximate surface area is 133 Å². The average molecular weight is 319 g/mol. The summed E-state index contributed by atoms with van der Waals surface area (Å²) in [5.41, 5.74) is 13.7. The minimum atomic E-state index is -0.440. The summed E-state index contributed by atoms with van der Waals surface area (Å²) in [4.78, 5) is 14.2. The van der Waals surface area contributed by atoms with Crippen molar-refractivity contribution in [3.05, 3.63) is 76.0 Å². The highest BCUT2D eigenvalue weighted by Gasteiger charge is 2.02. The Bertz CT molecular complexity index is 694. The summed E-state index contributed by atoms with van der Waals surface area (Å²) < 4.78 is 0. The Hall–Kier alpha value is -2.86. The molecular formula is C15H15ClN4O2. The Morgan fingerprint density at radius 3 is 2.23 bits per heavy atom. The van der Waals surface area contributed by atoms with E-state index in [2.05, 4.69) is 4.99 Å². The lowest BCUT2D eigenvalue weighted by atomic mass is 10.2. The zero-order chi connectivity index (χ0) is 15.2. The number of anilines is 1. The fraction of sp³-hybridized carbons (Fsp3) is 0. The van der Waals surface area contributed by atoms with Gasteiger partial charge in [-0.1, -0.05) is 0 Å². The molecule has 4 N–H and O–H groups in total. The van der Waals surface area contributed by atoms with Gasteiger partial charge in [-0.3, -0.25) is 10.1 Å². The summed E-state index contributed by atoms with van der Waals surface area (Å²) in [6, 6.07) is 13.2. The predicted octanol–water partition coefficient (Wildman–Crippen LogP) is 2.98. The van der Waals surface area contributed by atoms with Crippen LogP contribution in [-0.2, 0) is 0 Å². The quantitative estimate of drug-likeness (QED) is 0.297. The maximum atomic E-state index is 10.5. The molecule has 6 nitrogen and oxygen atoms in total. The van der Waals surface area contributed by atoms with Crippen molar-refractivity contribution >= 4 is 35.7 Å². The van der Waals surface area contributed by atoms with Crippen molar-refractivity contribution in [1.82, 2.24) is 0 Å². The lowest BCUT2D eigenvalue weighted by Crippen LogP contribution is -2.12. The van der Waals surface area contributed by atoms with Crippen molar-refractivity contribution in [3.8, 4) is 0 Å². The largest absolute Gasteiger partial charge is 0.399 e. The SMILES string of the molecule is Cl.NC(=N/C=C/c1ccc([N+](=O)[O-])cc1)c1ccc(N)cc1. The van der Waals surface area contributed by atoms with Gasteiger partial charge in [0.25, 0.3) is 5.69 Å². The van der Waals surface area contributed by atoms with Crippen LogP contribution in [0.4, 0.5) is 11.4 Å². The molecule has 0 heterocycles. The molecule has 0 aromatic heterocycles. The standard InChI is InChI=1S/C15H14N4O2.ClH/c16-13-5-3-12(4-6-13)15(17)18-10-9-11-1-7-14(8-2-11)19(20)21;/h1-10H,16H2,(H2,17,18);1H/b10-9+;. The summed E-state index contributed by atoms with van der Waals surface area (Å²) in [6.45, 7) is 0. The van der Waals surface area contributed by atoms with Gasteiger partial charge in [-0.15, -0.1) is 12.4 Å². The van der Waals surface area contributed by atoms with Gasteiger partial charge in [0.2, 0.25) is 0 Å². The molecular weight excluding hydrogens is 304 g/mol. The average Bonchev–Trinajstić information content (AvgIpc) is 2.48. The van der Waals surface area contributed by atoms with Gasteiger partial charge >= 0.3 is 0 Å². The number of nitrogen functional groups attached to an aromatic ring is 1. The van der Waals surface area contributed by atoms with Crippen molar-refractivity contribution < 1.29 is 4.92 Å². The van der Waals surface area contributed by atoms with Gasteiger partial charge in [-0.25, -0.2) is 4.99 Å². The molecule has 0 unspecified atom stereocenters. The van der Waals surface area contributed by atoms with Gasteiger partial charge < -0.3 is 11.5 Å². The Morgan fingerprint density at radius 1 is 1.09 bits per heavy atom. The van der Waals surface area contributed by atoms with Crippen LogP contribution >= 0.6 is 12.4 Å². The minimum Gasteiger partial charge on any atom is -0.399 e. The molecule has 2 aromatic carbocycles. The van der Waals surface area contributed by atoms with E-state index in [1.54, 1.807) is 48.7 Å². The molecule has 0 atom stereocenters. The maximum Gasteiger partial charge on any atom is 0.269 e. The number of hydrogen-bond acceptors (Lipinski definition) is 4. The van der Waals surface area contributed by atoms with E-state index in [1.807, 2.05) is 0 Å². The van der Waals surface area contributed by atoms with E-state index in [0.29, 0.717) is 11.5 Å². The van der Waals surface area contributed by atoms with Crippen LogP contribution in [0.15, 0.2) is 59.7 Å². The molecule has 0 saturated carbocycles. The first kappa shape index (κ1) is 17.2. The number of nitrogens with two attached hydrogens (primary N) is 2. The normalized spacial score (nSPS) is 11.2. The predicted molar refractivity (Wildman–Crippen MR) is 91.0 cm³/mol. The van der Waals surface area contributed by atoms with Crippen molar-refractivity contribution in [3.63, 3.8) is 0 Å². The number of hydrogen-bond donors (Lipinski definition) is 2. The molecule has 0 aliphatic heterocycles. The number of amidine groups is 1. The zero-order valence-electron chi connectivity index (χ0n) is 11.5. The van der Waals surface area contributed by atoms with Crippen LogP contribution in [0.2, 0.25) is 0 Å². The topological polar surface area (TPSA) is 108 Å². The lowest BCUT2D eigenvalue weighted by Gasteiger charge is -1.99. The third kappa shape index (κ3) is 4.60. The number of aliphatic imine (C=N–C) groups is 1. The molecule has 0 amide bonds. The van der Waals surface area contributed by atoms with E-state index in [0.717, 1.165) is 11.1 Å². The van der Waals surface area contributed by atoms with Crippen LogP contribution in [0, 0.1) is 10.1 Å². The first-order chi connectivity index (χ1) is 10.1. The number of nitrogens with zero attached hydrogens (tertiary/aromatic N) is 2. The van der Waals surface area contributed by atoms with Crippen LogP contribution in [0.5, 0.6) is 0 Å². The molecule has 0 aliphatic rings. The summed E-state index contributed by atoms with van der Waals surface area (Å²) in [5, 5.41) is 10.5. The summed E-state index contributed by atoms with van der Waals surface area (Å²) >= 11 is 0. The Morgan fingerprint density at radius 2 is 1.68 bits per heavy atom. The Balaban J connectivity index is 0.00000242. The van der Waals surface area contributed by atoms with E-state index in [-0.39, 0.29) is 18.1 Å². The van der Waals surface area contributed by atoms with E-state index in [1.165, 1.54) is 12.1 Å². The second kappa shape index (κ2) is 7.80. The van der Waals surface area contributed by atoms with Crippen LogP contribution < -0.4 is 11.5 Å². The highest BCUT2D eigenvalue weighted by molar-refractivity contribution is 5.98. The van der Waals surface area contributed by atoms with Crippen LogP contribution in [0.25, 0.3) is 6.08 Å². The molecule has 2 rings (SSSR count). The van der Waals surface area contributed by atoms with E-state index in [4.69, 9.17) is 11.5 Å². The molecule has 22 heavy (non-hydrogen) atoms. The molecule has 0 spiro atoms. The molecule has 0 radical (unpaired) electrons. The third-order valence-electron chi connectivity index (χ3n) is 2.79. The number of nitro benzene ring substituents is 1. The van der Waals surface area contributed by atoms with Crippen LogP contribution in [0.1, 0.15) is 11.1 Å². The molecule has 2 aromatic rings. The lowest BCUT2D eigenvalue weighted by molar-refractivity contribution is -0.384. The van der Waals surface area contributed by atoms with Crippen molar-refractivity contribution in [1.29, 1.82) is 0 Å². The van der Waals surface area contributed by atoms with Gasteiger partial charge in [0.1, 0.15) is 5.84 Å². The molecule has 0 bridgehead atoms. The highest BCUT2D eigenvalue weighted by atomic mass is 35.5. The summed E-state index contributed by atoms with van der Waals surface area (Å²) in [7, 11) is 0. The van der Waals surface area contributed by atoms with E-state index < -0.39 is 4.92 Å². The fourth-order valence-electron chi connectivity index (χ4n) is 1.64. The van der Waals surface area contributed by atoms with Crippen LogP contribution in [-0.4, -0.2) is 10.8 Å². The molecule has 114 valence electrons. The number of halogens is 1. The first-order valence-electron chi connectivity index (χ1n) is 6.16. The van der Waals surface area contributed by atoms with Gasteiger partial charge in [0.05, 0.1) is 4.92 Å². The first-order valence-corrected chi connectivity index (χ1v) is 6.16. The Kier molecular flexibility index (Phi) is 6.09. The van der Waals surface area contributed by atoms with Gasteiger partial charge in [0, 0.05) is 29.6 Å². The van der Waals surface area contributed by atoms with Crippen molar-refractivity contribution in [2.24, 2.45) is 10.7 Å². The highest BCUT2D eigenvalue weighted by Crippen LogP contribution is 2.13. The van der Waals surface area contributed by atoms with E-state index >= 15 is 0 Å². The minimum absolute atomic E-state index is 0. The number of rotatable bonds is 4. The number of benzene rings is 2. The molecule has 0 aliphatic carbocycles. The summed E-state index contributed by atoms with van der Waals surface area (Å²) in [6.07, 6.45) is 3.26. The number of nitro groups is 1. The van der Waals surface area contributed by atoms with Gasteiger partial charge in [-0.05, 0) is 48.0 Å². The maximum absolute atomic E-state index is 10.5. The molecule has 0 fully saturated rings. The third-order valence-corrected chi connectivity index (χ3v) is 2.79. The zero-order valence-corrected chi connectivity index (χ0v) is 12.4. The van der Waals surface area contributed by atoms with Crippen molar-refractivity contribution in [2.45, 2.75) is 0 Å². The van der Waals surface area contributed by atoms with E-state index in [9.17, 15) is 10.1 Å². The second-order valence-corrected chi connectivity index (χ2v) is 4.30. The number of non-ortho nitro benzene ring substituents is 1. The molecule has 7 heteroatoms. The summed E-state index contributed by atoms with van der Waals surface area (Å²) in [5.74, 6) is 0.369. The van der Waals surface area contributed by atoms with Gasteiger partial charge in [-0.2, -0.15) is 0 Å². The fourth-order valence-corrected chi connectivity index (χ4v) is 1.64. The van der Waals surface area contributed by atoms with Crippen molar-refractivity contribution in [2.75, 3.05) is 5.73 Å². The van der Waals surface area contributed by atoms with Gasteiger partial charge in [0.15, 0.2) is 0 Å². The second-order valence-electron chi connectivity index (χ2n) is 4.30.